The lowest BCUT2D eigenvalue weighted by Crippen LogP contribution is -2.52. The van der Waals surface area contributed by atoms with Gasteiger partial charge < -0.3 is 11.1 Å². The van der Waals surface area contributed by atoms with Crippen LogP contribution in [0, 0.1) is 10.1 Å². The van der Waals surface area contributed by atoms with Gasteiger partial charge >= 0.3 is 0 Å². The van der Waals surface area contributed by atoms with E-state index in [-0.39, 0.29) is 24.0 Å². The van der Waals surface area contributed by atoms with Gasteiger partial charge in [0.15, 0.2) is 0 Å². The van der Waals surface area contributed by atoms with Crippen LogP contribution in [0.3, 0.4) is 0 Å². The van der Waals surface area contributed by atoms with Crippen molar-refractivity contribution in [2.24, 2.45) is 5.73 Å². The molecule has 1 amide bonds. The molecule has 0 spiro atoms. The quantitative estimate of drug-likeness (QED) is 0.641. The van der Waals surface area contributed by atoms with Gasteiger partial charge in [-0.05, 0) is 19.3 Å². The van der Waals surface area contributed by atoms with Crippen molar-refractivity contribution in [3.63, 3.8) is 0 Å². The average Bonchev–Trinajstić information content (AvgIpc) is 2.87. The fourth-order valence-corrected chi connectivity index (χ4v) is 2.62. The number of nitrogens with one attached hydrogen (secondary N) is 1. The Labute approximate surface area is 129 Å². The zero-order valence-corrected chi connectivity index (χ0v) is 12.5. The van der Waals surface area contributed by atoms with Gasteiger partial charge in [0.25, 0.3) is 5.69 Å². The van der Waals surface area contributed by atoms with Crippen LogP contribution in [-0.4, -0.2) is 22.9 Å². The second-order valence-electron chi connectivity index (χ2n) is 5.25. The molecular formula is C14H20ClN3O3. The molecule has 0 saturated heterocycles. The van der Waals surface area contributed by atoms with Crippen LogP contribution in [0.5, 0.6) is 0 Å². The molecule has 0 atom stereocenters. The Morgan fingerprint density at radius 1 is 1.33 bits per heavy atom. The standard InChI is InChI=1S/C14H19N3O3.ClH/c15-14(8-3-4-9-14)13(18)16-10-7-11-5-1-2-6-12(11)17(19)20;/h1-2,5-6H,3-4,7-10,15H2,(H,16,18);1H. The SMILES string of the molecule is Cl.NC1(C(=O)NCCc2ccccc2[N+](=O)[O-])CCCC1. The third kappa shape index (κ3) is 4.15. The summed E-state index contributed by atoms with van der Waals surface area (Å²) in [6.45, 7) is 0.364. The van der Waals surface area contributed by atoms with Gasteiger partial charge in [-0.25, -0.2) is 0 Å². The molecule has 0 radical (unpaired) electrons. The van der Waals surface area contributed by atoms with Crippen LogP contribution < -0.4 is 11.1 Å². The molecule has 1 aromatic rings. The van der Waals surface area contributed by atoms with E-state index < -0.39 is 10.5 Å². The van der Waals surface area contributed by atoms with Gasteiger partial charge in [0, 0.05) is 18.2 Å². The number of para-hydroxylation sites is 1. The van der Waals surface area contributed by atoms with Crippen molar-refractivity contribution in [1.29, 1.82) is 0 Å². The van der Waals surface area contributed by atoms with Crippen molar-refractivity contribution in [2.45, 2.75) is 37.6 Å². The second-order valence-corrected chi connectivity index (χ2v) is 5.25. The largest absolute Gasteiger partial charge is 0.354 e. The first-order valence-electron chi connectivity index (χ1n) is 6.82. The third-order valence-electron chi connectivity index (χ3n) is 3.82. The summed E-state index contributed by atoms with van der Waals surface area (Å²) in [6, 6.07) is 6.57. The van der Waals surface area contributed by atoms with Gasteiger partial charge in [0.05, 0.1) is 10.5 Å². The molecule has 7 heteroatoms. The highest BCUT2D eigenvalue weighted by Gasteiger charge is 2.36. The van der Waals surface area contributed by atoms with E-state index in [0.717, 1.165) is 12.8 Å². The van der Waals surface area contributed by atoms with Crippen molar-refractivity contribution in [3.05, 3.63) is 39.9 Å². The van der Waals surface area contributed by atoms with Gasteiger partial charge in [0.1, 0.15) is 0 Å². The van der Waals surface area contributed by atoms with E-state index in [0.29, 0.717) is 31.4 Å². The molecule has 0 unspecified atom stereocenters. The van der Waals surface area contributed by atoms with Crippen LogP contribution in [0.15, 0.2) is 24.3 Å². The average molecular weight is 314 g/mol. The maximum atomic E-state index is 12.0. The number of hydrogen-bond acceptors (Lipinski definition) is 4. The Bertz CT molecular complexity index is 516. The van der Waals surface area contributed by atoms with Crippen LogP contribution in [0.2, 0.25) is 0 Å². The first kappa shape index (κ1) is 17.4. The summed E-state index contributed by atoms with van der Waals surface area (Å²) < 4.78 is 0. The number of nitro benzene ring substituents is 1. The van der Waals surface area contributed by atoms with Crippen LogP contribution in [0.25, 0.3) is 0 Å². The summed E-state index contributed by atoms with van der Waals surface area (Å²) in [4.78, 5) is 22.5. The van der Waals surface area contributed by atoms with Gasteiger partial charge in [-0.2, -0.15) is 0 Å². The molecule has 1 aliphatic carbocycles. The number of rotatable bonds is 5. The number of carbonyl (C=O) groups is 1. The maximum absolute atomic E-state index is 12.0. The first-order chi connectivity index (χ1) is 9.53. The number of nitrogens with zero attached hydrogens (tertiary/aromatic N) is 1. The van der Waals surface area contributed by atoms with Gasteiger partial charge in [-0.3, -0.25) is 14.9 Å². The molecule has 3 N–H and O–H groups in total. The summed E-state index contributed by atoms with van der Waals surface area (Å²) in [7, 11) is 0. The minimum absolute atomic E-state index is 0. The van der Waals surface area contributed by atoms with Gasteiger partial charge in [-0.1, -0.05) is 31.0 Å². The Morgan fingerprint density at radius 2 is 1.95 bits per heavy atom. The van der Waals surface area contributed by atoms with Crippen molar-refractivity contribution >= 4 is 24.0 Å². The molecule has 2 rings (SSSR count). The number of carbonyl (C=O) groups excluding carboxylic acids is 1. The Morgan fingerprint density at radius 3 is 2.57 bits per heavy atom. The molecular weight excluding hydrogens is 294 g/mol. The number of hydrogen-bond donors (Lipinski definition) is 2. The summed E-state index contributed by atoms with van der Waals surface area (Å²) >= 11 is 0. The number of nitro groups is 1. The van der Waals surface area contributed by atoms with Crippen molar-refractivity contribution in [2.75, 3.05) is 6.54 Å². The Balaban J connectivity index is 0.00000220. The molecule has 1 aromatic carbocycles. The Kier molecular flexibility index (Phi) is 6.11. The highest BCUT2D eigenvalue weighted by atomic mass is 35.5. The van der Waals surface area contributed by atoms with E-state index in [9.17, 15) is 14.9 Å². The smallest absolute Gasteiger partial charge is 0.272 e. The zero-order chi connectivity index (χ0) is 14.6. The van der Waals surface area contributed by atoms with E-state index >= 15 is 0 Å². The molecule has 0 aliphatic heterocycles. The molecule has 1 saturated carbocycles. The zero-order valence-electron chi connectivity index (χ0n) is 11.7. The summed E-state index contributed by atoms with van der Waals surface area (Å²) in [6.07, 6.45) is 3.82. The van der Waals surface area contributed by atoms with Crippen LogP contribution >= 0.6 is 12.4 Å². The first-order valence-corrected chi connectivity index (χ1v) is 6.82. The van der Waals surface area contributed by atoms with E-state index in [1.54, 1.807) is 18.2 Å². The maximum Gasteiger partial charge on any atom is 0.272 e. The monoisotopic (exact) mass is 313 g/mol. The lowest BCUT2D eigenvalue weighted by atomic mass is 9.98. The lowest BCUT2D eigenvalue weighted by Gasteiger charge is -2.22. The number of nitrogens with two attached hydrogens (primary N) is 1. The minimum Gasteiger partial charge on any atom is -0.354 e. The predicted octanol–water partition coefficient (Wildman–Crippen LogP) is 1.95. The summed E-state index contributed by atoms with van der Waals surface area (Å²) in [5.74, 6) is -0.145. The Hall–Kier alpha value is -1.66. The van der Waals surface area contributed by atoms with Crippen molar-refractivity contribution < 1.29 is 9.72 Å². The summed E-state index contributed by atoms with van der Waals surface area (Å²) in [5, 5.41) is 13.7. The lowest BCUT2D eigenvalue weighted by molar-refractivity contribution is -0.385. The van der Waals surface area contributed by atoms with Gasteiger partial charge in [-0.15, -0.1) is 12.4 Å². The summed E-state index contributed by atoms with van der Waals surface area (Å²) in [5.41, 5.74) is 6.00. The van der Waals surface area contributed by atoms with Gasteiger partial charge in [0.2, 0.25) is 5.91 Å². The molecule has 1 fully saturated rings. The molecule has 0 heterocycles. The third-order valence-corrected chi connectivity index (χ3v) is 3.82. The number of halogens is 1. The van der Waals surface area contributed by atoms with Crippen molar-refractivity contribution in [1.82, 2.24) is 5.32 Å². The molecule has 0 aromatic heterocycles. The molecule has 0 bridgehead atoms. The molecule has 1 aliphatic rings. The topological polar surface area (TPSA) is 98.3 Å². The highest BCUT2D eigenvalue weighted by Crippen LogP contribution is 2.27. The number of amides is 1. The van der Waals surface area contributed by atoms with E-state index in [1.807, 2.05) is 0 Å². The van der Waals surface area contributed by atoms with Crippen LogP contribution in [0.1, 0.15) is 31.2 Å². The fourth-order valence-electron chi connectivity index (χ4n) is 2.62. The fraction of sp³-hybridized carbons (Fsp3) is 0.500. The highest BCUT2D eigenvalue weighted by molar-refractivity contribution is 5.86. The predicted molar refractivity (Wildman–Crippen MR) is 82.4 cm³/mol. The minimum atomic E-state index is -0.747. The second kappa shape index (κ2) is 7.38. The molecule has 21 heavy (non-hydrogen) atoms. The van der Waals surface area contributed by atoms with Crippen LogP contribution in [0.4, 0.5) is 5.69 Å². The molecule has 116 valence electrons. The van der Waals surface area contributed by atoms with E-state index in [1.165, 1.54) is 6.07 Å². The van der Waals surface area contributed by atoms with E-state index in [2.05, 4.69) is 5.32 Å². The van der Waals surface area contributed by atoms with E-state index in [4.69, 9.17) is 5.73 Å². The molecule has 6 nitrogen and oxygen atoms in total. The normalized spacial score (nSPS) is 16.0. The van der Waals surface area contributed by atoms with Crippen molar-refractivity contribution in [3.8, 4) is 0 Å². The number of benzene rings is 1. The van der Waals surface area contributed by atoms with Crippen LogP contribution in [-0.2, 0) is 11.2 Å².